The molecule has 0 fully saturated rings. The lowest BCUT2D eigenvalue weighted by Crippen LogP contribution is -1.83. The van der Waals surface area contributed by atoms with Crippen LogP contribution in [0.2, 0.25) is 0 Å². The summed E-state index contributed by atoms with van der Waals surface area (Å²) in [6.07, 6.45) is 1.95. The van der Waals surface area contributed by atoms with Crippen LogP contribution in [0.15, 0.2) is 42.6 Å². The maximum Gasteiger partial charge on any atom is 0.0460 e. The second kappa shape index (κ2) is 2.51. The molecule has 0 saturated heterocycles. The van der Waals surface area contributed by atoms with Gasteiger partial charge in [-0.1, -0.05) is 12.1 Å². The fraction of sp³-hybridized carbons (Fsp3) is 0. The summed E-state index contributed by atoms with van der Waals surface area (Å²) in [7, 11) is 0. The molecule has 68 valence electrons. The molecule has 0 aliphatic heterocycles. The van der Waals surface area contributed by atoms with Gasteiger partial charge in [0, 0.05) is 22.8 Å². The van der Waals surface area contributed by atoms with Crippen LogP contribution in [-0.2, 0) is 0 Å². The van der Waals surface area contributed by atoms with Crippen LogP contribution < -0.4 is 5.73 Å². The second-order valence-corrected chi connectivity index (χ2v) is 3.49. The smallest absolute Gasteiger partial charge is 0.0460 e. The lowest BCUT2D eigenvalue weighted by molar-refractivity contribution is 1.48. The summed E-state index contributed by atoms with van der Waals surface area (Å²) in [5, 5.41) is 3.67. The summed E-state index contributed by atoms with van der Waals surface area (Å²) in [6.45, 7) is 0. The highest BCUT2D eigenvalue weighted by Gasteiger charge is 2.00. The van der Waals surface area contributed by atoms with Crippen LogP contribution in [0, 0.1) is 0 Å². The predicted octanol–water partition coefficient (Wildman–Crippen LogP) is 2.90. The highest BCUT2D eigenvalue weighted by molar-refractivity contribution is 6.07. The average molecular weight is 182 g/mol. The maximum absolute atomic E-state index is 5.77. The number of aromatic amines is 1. The molecule has 0 amide bonds. The zero-order valence-electron chi connectivity index (χ0n) is 7.62. The Morgan fingerprint density at radius 3 is 2.71 bits per heavy atom. The molecular formula is C12H10N2. The molecule has 1 aromatic heterocycles. The summed E-state index contributed by atoms with van der Waals surface area (Å²) >= 11 is 0. The van der Waals surface area contributed by atoms with E-state index in [0.717, 1.165) is 11.2 Å². The van der Waals surface area contributed by atoms with Gasteiger partial charge in [0.1, 0.15) is 0 Å². The molecule has 0 bridgehead atoms. The number of rotatable bonds is 0. The van der Waals surface area contributed by atoms with E-state index in [-0.39, 0.29) is 0 Å². The molecule has 1 heterocycles. The van der Waals surface area contributed by atoms with E-state index in [1.54, 1.807) is 0 Å². The van der Waals surface area contributed by atoms with Gasteiger partial charge in [0.15, 0.2) is 0 Å². The Kier molecular flexibility index (Phi) is 1.34. The molecule has 0 atom stereocenters. The Morgan fingerprint density at radius 1 is 0.929 bits per heavy atom. The first-order valence-corrected chi connectivity index (χ1v) is 4.60. The molecule has 2 nitrogen and oxygen atoms in total. The zero-order chi connectivity index (χ0) is 9.54. The molecule has 2 heteroatoms. The highest BCUT2D eigenvalue weighted by atomic mass is 14.7. The van der Waals surface area contributed by atoms with Crippen molar-refractivity contribution in [1.82, 2.24) is 4.98 Å². The van der Waals surface area contributed by atoms with Crippen molar-refractivity contribution < 1.29 is 0 Å². The third kappa shape index (κ3) is 0.909. The molecule has 3 aromatic rings. The molecule has 0 saturated carbocycles. The molecule has 2 aromatic carbocycles. The van der Waals surface area contributed by atoms with Crippen LogP contribution in [0.4, 0.5) is 5.69 Å². The van der Waals surface area contributed by atoms with Gasteiger partial charge < -0.3 is 10.7 Å². The largest absolute Gasteiger partial charge is 0.399 e. The predicted molar refractivity (Wildman–Crippen MR) is 60.2 cm³/mol. The molecule has 0 spiro atoms. The number of nitrogen functional groups attached to an aromatic ring is 1. The quantitative estimate of drug-likeness (QED) is 0.516. The summed E-state index contributed by atoms with van der Waals surface area (Å²) in [5.41, 5.74) is 7.74. The van der Waals surface area contributed by atoms with Gasteiger partial charge in [-0.15, -0.1) is 0 Å². The van der Waals surface area contributed by atoms with Crippen molar-refractivity contribution >= 4 is 27.4 Å². The molecular weight excluding hydrogens is 172 g/mol. The third-order valence-electron chi connectivity index (χ3n) is 2.58. The fourth-order valence-corrected chi connectivity index (χ4v) is 1.88. The molecule has 14 heavy (non-hydrogen) atoms. The summed E-state index contributed by atoms with van der Waals surface area (Å²) < 4.78 is 0. The number of fused-ring (bicyclic) bond motifs is 3. The monoisotopic (exact) mass is 182 g/mol. The van der Waals surface area contributed by atoms with Crippen LogP contribution in [0.25, 0.3) is 21.7 Å². The van der Waals surface area contributed by atoms with Crippen LogP contribution >= 0.6 is 0 Å². The van der Waals surface area contributed by atoms with Crippen molar-refractivity contribution in [2.45, 2.75) is 0 Å². The van der Waals surface area contributed by atoms with E-state index in [1.165, 1.54) is 16.2 Å². The van der Waals surface area contributed by atoms with Crippen molar-refractivity contribution in [2.75, 3.05) is 5.73 Å². The SMILES string of the molecule is Nc1ccc2ccc3[nH]ccc3c2c1. The minimum atomic E-state index is 0.811. The number of hydrogen-bond acceptors (Lipinski definition) is 1. The van der Waals surface area contributed by atoms with E-state index in [4.69, 9.17) is 5.73 Å². The van der Waals surface area contributed by atoms with Crippen molar-refractivity contribution in [1.29, 1.82) is 0 Å². The molecule has 0 aliphatic carbocycles. The Hall–Kier alpha value is -1.96. The van der Waals surface area contributed by atoms with E-state index in [2.05, 4.69) is 29.2 Å². The molecule has 3 N–H and O–H groups in total. The minimum absolute atomic E-state index is 0.811. The van der Waals surface area contributed by atoms with Crippen molar-refractivity contribution in [3.63, 3.8) is 0 Å². The van der Waals surface area contributed by atoms with E-state index in [1.807, 2.05) is 18.3 Å². The van der Waals surface area contributed by atoms with E-state index >= 15 is 0 Å². The normalized spacial score (nSPS) is 11.1. The number of aromatic nitrogens is 1. The van der Waals surface area contributed by atoms with Gasteiger partial charge in [-0.3, -0.25) is 0 Å². The van der Waals surface area contributed by atoms with Crippen LogP contribution in [0.5, 0.6) is 0 Å². The number of hydrogen-bond donors (Lipinski definition) is 2. The van der Waals surface area contributed by atoms with Crippen LogP contribution in [0.3, 0.4) is 0 Å². The number of benzene rings is 2. The summed E-state index contributed by atoms with van der Waals surface area (Å²) in [6, 6.07) is 12.3. The van der Waals surface area contributed by atoms with Crippen molar-refractivity contribution in [3.8, 4) is 0 Å². The minimum Gasteiger partial charge on any atom is -0.399 e. The van der Waals surface area contributed by atoms with Gasteiger partial charge in [0.2, 0.25) is 0 Å². The third-order valence-corrected chi connectivity index (χ3v) is 2.58. The highest BCUT2D eigenvalue weighted by Crippen LogP contribution is 2.25. The lowest BCUT2D eigenvalue weighted by atomic mass is 10.1. The van der Waals surface area contributed by atoms with Gasteiger partial charge in [0.25, 0.3) is 0 Å². The number of anilines is 1. The fourth-order valence-electron chi connectivity index (χ4n) is 1.88. The lowest BCUT2D eigenvalue weighted by Gasteiger charge is -2.00. The summed E-state index contributed by atoms with van der Waals surface area (Å²) in [4.78, 5) is 3.19. The Balaban J connectivity index is 2.60. The Bertz CT molecular complexity index is 608. The van der Waals surface area contributed by atoms with E-state index < -0.39 is 0 Å². The van der Waals surface area contributed by atoms with Gasteiger partial charge in [-0.05, 0) is 35.0 Å². The standard InChI is InChI=1S/C12H10N2/c13-9-3-1-8-2-4-12-10(5-6-14-12)11(8)7-9/h1-7,14H,13H2. The number of nitrogens with two attached hydrogens (primary N) is 1. The van der Waals surface area contributed by atoms with E-state index in [9.17, 15) is 0 Å². The first-order valence-electron chi connectivity index (χ1n) is 4.60. The van der Waals surface area contributed by atoms with Crippen molar-refractivity contribution in [3.05, 3.63) is 42.6 Å². The average Bonchev–Trinajstić information content (AvgIpc) is 2.65. The Labute approximate surface area is 81.3 Å². The number of nitrogens with one attached hydrogen (secondary N) is 1. The molecule has 0 aliphatic rings. The van der Waals surface area contributed by atoms with Crippen LogP contribution in [0.1, 0.15) is 0 Å². The van der Waals surface area contributed by atoms with Crippen molar-refractivity contribution in [2.24, 2.45) is 0 Å². The van der Waals surface area contributed by atoms with Gasteiger partial charge >= 0.3 is 0 Å². The first-order chi connectivity index (χ1) is 6.84. The molecule has 3 rings (SSSR count). The topological polar surface area (TPSA) is 41.8 Å². The molecule has 0 unspecified atom stereocenters. The zero-order valence-corrected chi connectivity index (χ0v) is 7.62. The van der Waals surface area contributed by atoms with Gasteiger partial charge in [-0.25, -0.2) is 0 Å². The van der Waals surface area contributed by atoms with Gasteiger partial charge in [-0.2, -0.15) is 0 Å². The maximum atomic E-state index is 5.77. The van der Waals surface area contributed by atoms with E-state index in [0.29, 0.717) is 0 Å². The summed E-state index contributed by atoms with van der Waals surface area (Å²) in [5.74, 6) is 0. The molecule has 0 radical (unpaired) electrons. The number of H-pyrrole nitrogens is 1. The van der Waals surface area contributed by atoms with Gasteiger partial charge in [0.05, 0.1) is 0 Å². The Morgan fingerprint density at radius 2 is 1.79 bits per heavy atom. The van der Waals surface area contributed by atoms with Crippen LogP contribution in [-0.4, -0.2) is 4.98 Å². The first kappa shape index (κ1) is 7.44. The second-order valence-electron chi connectivity index (χ2n) is 3.49.